The van der Waals surface area contributed by atoms with Crippen molar-refractivity contribution in [3.05, 3.63) is 29.7 Å². The van der Waals surface area contributed by atoms with Crippen LogP contribution in [0.4, 0.5) is 11.8 Å². The van der Waals surface area contributed by atoms with Gasteiger partial charge >= 0.3 is 0 Å². The summed E-state index contributed by atoms with van der Waals surface area (Å²) in [5.41, 5.74) is 0. The first kappa shape index (κ1) is 15.4. The number of fused-ring (bicyclic) bond motifs is 1. The predicted molar refractivity (Wildman–Crippen MR) is 91.2 cm³/mol. The fraction of sp³-hybridized carbons (Fsp3) is 0.500. The van der Waals surface area contributed by atoms with Crippen molar-refractivity contribution in [2.75, 3.05) is 29.4 Å². The normalized spacial score (nSPS) is 18.5. The van der Waals surface area contributed by atoms with Crippen molar-refractivity contribution in [3.63, 3.8) is 0 Å². The number of aryl methyl sites for hydroxylation is 1. The molecule has 0 aromatic carbocycles. The van der Waals surface area contributed by atoms with E-state index in [1.807, 2.05) is 16.8 Å². The summed E-state index contributed by atoms with van der Waals surface area (Å²) in [6.07, 6.45) is 5.77. The average Bonchev–Trinajstić information content (AvgIpc) is 3.11. The second kappa shape index (κ2) is 6.39. The van der Waals surface area contributed by atoms with Gasteiger partial charge in [0.1, 0.15) is 12.1 Å². The number of nitrogens with zero attached hydrogens (tertiary/aromatic N) is 6. The van der Waals surface area contributed by atoms with E-state index in [2.05, 4.69) is 20.0 Å². The number of amides is 1. The van der Waals surface area contributed by atoms with Gasteiger partial charge in [0.05, 0.1) is 5.02 Å². The molecule has 2 aliphatic rings. The zero-order valence-electron chi connectivity index (χ0n) is 13.3. The number of hydrogen-bond donors (Lipinski definition) is 0. The Hall–Kier alpha value is -2.15. The molecule has 0 radical (unpaired) electrons. The Kier molecular flexibility index (Phi) is 4.10. The number of aromatic nitrogens is 4. The largest absolute Gasteiger partial charge is 0.357 e. The molecule has 24 heavy (non-hydrogen) atoms. The van der Waals surface area contributed by atoms with Crippen molar-refractivity contribution in [2.45, 2.75) is 25.8 Å². The third-order valence-electron chi connectivity index (χ3n) is 4.73. The molecule has 1 fully saturated rings. The number of anilines is 2. The van der Waals surface area contributed by atoms with Crippen molar-refractivity contribution < 1.29 is 4.79 Å². The molecule has 0 unspecified atom stereocenters. The lowest BCUT2D eigenvalue weighted by molar-refractivity contribution is -0.123. The van der Waals surface area contributed by atoms with E-state index in [4.69, 9.17) is 11.6 Å². The smallest absolute Gasteiger partial charge is 0.232 e. The Morgan fingerprint density at radius 2 is 1.96 bits per heavy atom. The van der Waals surface area contributed by atoms with E-state index in [9.17, 15) is 4.79 Å². The summed E-state index contributed by atoms with van der Waals surface area (Å²) in [6, 6.07) is 3.78. The summed E-state index contributed by atoms with van der Waals surface area (Å²) >= 11 is 5.89. The maximum absolute atomic E-state index is 12.9. The molecular formula is C16H19ClN6O. The molecule has 4 rings (SSSR count). The molecule has 0 bridgehead atoms. The highest BCUT2D eigenvalue weighted by atomic mass is 35.5. The van der Waals surface area contributed by atoms with Crippen LogP contribution in [-0.2, 0) is 11.3 Å². The Morgan fingerprint density at radius 1 is 1.12 bits per heavy atom. The predicted octanol–water partition coefficient (Wildman–Crippen LogP) is 1.98. The van der Waals surface area contributed by atoms with Crippen molar-refractivity contribution in [3.8, 4) is 0 Å². The topological polar surface area (TPSA) is 67.2 Å². The minimum atomic E-state index is 0.0387. The van der Waals surface area contributed by atoms with E-state index in [0.717, 1.165) is 51.3 Å². The molecule has 0 N–H and O–H groups in total. The van der Waals surface area contributed by atoms with Crippen LogP contribution in [0.2, 0.25) is 5.02 Å². The van der Waals surface area contributed by atoms with Gasteiger partial charge in [-0.3, -0.25) is 9.69 Å². The molecule has 0 atom stereocenters. The number of pyridine rings is 1. The second-order valence-electron chi connectivity index (χ2n) is 6.22. The second-order valence-corrected chi connectivity index (χ2v) is 6.66. The Bertz CT molecular complexity index is 722. The number of carbonyl (C=O) groups excluding carboxylic acids is 1. The van der Waals surface area contributed by atoms with E-state index in [1.54, 1.807) is 11.1 Å². The molecule has 8 heteroatoms. The van der Waals surface area contributed by atoms with E-state index >= 15 is 0 Å². The van der Waals surface area contributed by atoms with E-state index in [-0.39, 0.29) is 11.8 Å². The van der Waals surface area contributed by atoms with Crippen LogP contribution in [0.5, 0.6) is 0 Å². The average molecular weight is 347 g/mol. The molecule has 0 spiro atoms. The van der Waals surface area contributed by atoms with Gasteiger partial charge in [0.2, 0.25) is 11.9 Å². The molecule has 2 aromatic heterocycles. The molecule has 7 nitrogen and oxygen atoms in total. The van der Waals surface area contributed by atoms with Gasteiger partial charge in [-0.05, 0) is 31.4 Å². The lowest BCUT2D eigenvalue weighted by atomic mass is 9.95. The van der Waals surface area contributed by atoms with Gasteiger partial charge in [-0.25, -0.2) is 9.67 Å². The molecule has 0 aliphatic carbocycles. The summed E-state index contributed by atoms with van der Waals surface area (Å²) in [6.45, 7) is 3.22. The first-order valence-electron chi connectivity index (χ1n) is 8.28. The van der Waals surface area contributed by atoms with Crippen LogP contribution in [0.1, 0.15) is 19.3 Å². The number of rotatable bonds is 2. The zero-order chi connectivity index (χ0) is 16.5. The minimum absolute atomic E-state index is 0.0387. The van der Waals surface area contributed by atoms with Crippen molar-refractivity contribution >= 4 is 29.3 Å². The van der Waals surface area contributed by atoms with Crippen LogP contribution in [0.3, 0.4) is 0 Å². The minimum Gasteiger partial charge on any atom is -0.357 e. The SMILES string of the molecule is O=C(C1CCN(c2ccc(Cl)cn2)CC1)N1CCCn2ncnc21. The fourth-order valence-electron chi connectivity index (χ4n) is 3.44. The van der Waals surface area contributed by atoms with E-state index in [0.29, 0.717) is 11.0 Å². The van der Waals surface area contributed by atoms with Crippen LogP contribution < -0.4 is 9.80 Å². The molecule has 4 heterocycles. The van der Waals surface area contributed by atoms with Gasteiger partial charge in [0.25, 0.3) is 0 Å². The third-order valence-corrected chi connectivity index (χ3v) is 4.96. The van der Waals surface area contributed by atoms with E-state index in [1.165, 1.54) is 6.33 Å². The maximum atomic E-state index is 12.9. The van der Waals surface area contributed by atoms with Crippen LogP contribution >= 0.6 is 11.6 Å². The lowest BCUT2D eigenvalue weighted by Gasteiger charge is -2.35. The molecule has 1 amide bonds. The number of piperidine rings is 1. The molecule has 1 saturated heterocycles. The number of halogens is 1. The van der Waals surface area contributed by atoms with Crippen LogP contribution in [-0.4, -0.2) is 45.3 Å². The van der Waals surface area contributed by atoms with Crippen molar-refractivity contribution in [1.29, 1.82) is 0 Å². The van der Waals surface area contributed by atoms with Gasteiger partial charge in [0.15, 0.2) is 0 Å². The first-order valence-corrected chi connectivity index (χ1v) is 8.66. The monoisotopic (exact) mass is 346 g/mol. The van der Waals surface area contributed by atoms with Gasteiger partial charge in [0, 0.05) is 38.3 Å². The van der Waals surface area contributed by atoms with E-state index < -0.39 is 0 Å². The molecule has 2 aromatic rings. The Labute approximate surface area is 145 Å². The summed E-state index contributed by atoms with van der Waals surface area (Å²) in [5.74, 6) is 1.82. The number of hydrogen-bond acceptors (Lipinski definition) is 5. The highest BCUT2D eigenvalue weighted by Gasteiger charge is 2.32. The Balaban J connectivity index is 1.41. The van der Waals surface area contributed by atoms with Gasteiger partial charge in [-0.15, -0.1) is 0 Å². The highest BCUT2D eigenvalue weighted by Crippen LogP contribution is 2.26. The van der Waals surface area contributed by atoms with Crippen LogP contribution in [0, 0.1) is 5.92 Å². The Morgan fingerprint density at radius 3 is 2.71 bits per heavy atom. The molecule has 126 valence electrons. The zero-order valence-corrected chi connectivity index (χ0v) is 14.1. The van der Waals surface area contributed by atoms with Crippen LogP contribution in [0.15, 0.2) is 24.7 Å². The van der Waals surface area contributed by atoms with Gasteiger partial charge in [-0.1, -0.05) is 11.6 Å². The fourth-order valence-corrected chi connectivity index (χ4v) is 3.55. The highest BCUT2D eigenvalue weighted by molar-refractivity contribution is 6.30. The number of carbonyl (C=O) groups is 1. The summed E-state index contributed by atoms with van der Waals surface area (Å²) < 4.78 is 1.81. The summed E-state index contributed by atoms with van der Waals surface area (Å²) in [4.78, 5) is 25.5. The standard InChI is InChI=1S/C16H19ClN6O/c17-13-2-3-14(18-10-13)21-8-4-12(5-9-21)15(24)22-6-1-7-23-16(22)19-11-20-23/h2-3,10-12H,1,4-9H2. The first-order chi connectivity index (χ1) is 11.7. The molecular weight excluding hydrogens is 328 g/mol. The van der Waals surface area contributed by atoms with Gasteiger partial charge in [-0.2, -0.15) is 10.1 Å². The molecule has 2 aliphatic heterocycles. The van der Waals surface area contributed by atoms with Crippen molar-refractivity contribution in [2.24, 2.45) is 5.92 Å². The summed E-state index contributed by atoms with van der Waals surface area (Å²) in [7, 11) is 0. The van der Waals surface area contributed by atoms with Gasteiger partial charge < -0.3 is 4.90 Å². The third kappa shape index (κ3) is 2.84. The molecule has 0 saturated carbocycles. The van der Waals surface area contributed by atoms with Crippen LogP contribution in [0.25, 0.3) is 0 Å². The maximum Gasteiger partial charge on any atom is 0.232 e. The summed E-state index contributed by atoms with van der Waals surface area (Å²) in [5, 5.41) is 4.81. The van der Waals surface area contributed by atoms with Crippen molar-refractivity contribution in [1.82, 2.24) is 19.7 Å². The lowest BCUT2D eigenvalue weighted by Crippen LogP contribution is -2.45. The quantitative estimate of drug-likeness (QED) is 0.831.